The summed E-state index contributed by atoms with van der Waals surface area (Å²) in [5, 5.41) is 10.1. The Morgan fingerprint density at radius 2 is 1.90 bits per heavy atom. The molecule has 0 saturated heterocycles. The second-order valence-electron chi connectivity index (χ2n) is 6.73. The fourth-order valence-electron chi connectivity index (χ4n) is 3.54. The minimum absolute atomic E-state index is 0.0129. The number of halogens is 1. The lowest BCUT2D eigenvalue weighted by Gasteiger charge is -2.21. The molecule has 5 rings (SSSR count). The molecule has 1 aliphatic rings. The second-order valence-corrected chi connectivity index (χ2v) is 8.30. The van der Waals surface area contributed by atoms with Gasteiger partial charge in [0.1, 0.15) is 10.6 Å². The maximum absolute atomic E-state index is 13.4. The maximum atomic E-state index is 13.4. The molecule has 1 unspecified atom stereocenters. The zero-order chi connectivity index (χ0) is 20.3. The number of amides is 1. The van der Waals surface area contributed by atoms with E-state index in [1.165, 1.54) is 16.2 Å². The van der Waals surface area contributed by atoms with E-state index in [9.17, 15) is 9.59 Å². The molecule has 144 valence electrons. The Kier molecular flexibility index (Phi) is 4.01. The summed E-state index contributed by atoms with van der Waals surface area (Å²) >= 11 is 7.51. The molecule has 3 aromatic heterocycles. The Balaban J connectivity index is 1.84. The number of carbonyl (C=O) groups excluding carboxylic acids is 1. The van der Waals surface area contributed by atoms with Crippen LogP contribution in [0, 0.1) is 13.8 Å². The van der Waals surface area contributed by atoms with Crippen molar-refractivity contribution in [3.8, 4) is 0 Å². The number of carbonyl (C=O) groups is 1. The molecule has 4 aromatic rings. The van der Waals surface area contributed by atoms with Gasteiger partial charge in [-0.1, -0.05) is 22.9 Å². The Morgan fingerprint density at radius 3 is 2.59 bits per heavy atom. The zero-order valence-electron chi connectivity index (χ0n) is 15.3. The molecule has 1 atom stereocenters. The van der Waals surface area contributed by atoms with Gasteiger partial charge in [0.2, 0.25) is 10.9 Å². The Morgan fingerprint density at radius 1 is 1.14 bits per heavy atom. The molecule has 0 saturated carbocycles. The van der Waals surface area contributed by atoms with Crippen LogP contribution in [0.5, 0.6) is 0 Å². The van der Waals surface area contributed by atoms with Gasteiger partial charge < -0.3 is 4.42 Å². The minimum atomic E-state index is -0.687. The predicted molar refractivity (Wildman–Crippen MR) is 110 cm³/mol. The highest BCUT2D eigenvalue weighted by atomic mass is 35.5. The number of pyridine rings is 1. The highest BCUT2D eigenvalue weighted by molar-refractivity contribution is 7.15. The van der Waals surface area contributed by atoms with Crippen molar-refractivity contribution < 1.29 is 9.21 Å². The number of aromatic nitrogens is 3. The predicted octanol–water partition coefficient (Wildman–Crippen LogP) is 4.06. The van der Waals surface area contributed by atoms with Gasteiger partial charge >= 0.3 is 0 Å². The highest BCUT2D eigenvalue weighted by Crippen LogP contribution is 2.42. The third-order valence-electron chi connectivity index (χ3n) is 4.89. The molecule has 0 fully saturated rings. The molecule has 0 radical (unpaired) electrons. The van der Waals surface area contributed by atoms with Crippen LogP contribution in [0.2, 0.25) is 5.02 Å². The van der Waals surface area contributed by atoms with Gasteiger partial charge in [0, 0.05) is 17.4 Å². The third kappa shape index (κ3) is 2.67. The fraction of sp³-hybridized carbons (Fsp3) is 0.150. The number of rotatable bonds is 2. The molecule has 0 aliphatic carbocycles. The molecule has 0 spiro atoms. The van der Waals surface area contributed by atoms with Gasteiger partial charge in [0.25, 0.3) is 5.91 Å². The van der Waals surface area contributed by atoms with Gasteiger partial charge in [0.05, 0.1) is 17.0 Å². The van der Waals surface area contributed by atoms with Gasteiger partial charge in [-0.3, -0.25) is 19.5 Å². The van der Waals surface area contributed by atoms with Gasteiger partial charge in [-0.15, -0.1) is 10.2 Å². The second kappa shape index (κ2) is 6.47. The first-order valence-electron chi connectivity index (χ1n) is 8.76. The summed E-state index contributed by atoms with van der Waals surface area (Å²) in [7, 11) is 0. The molecule has 7 nitrogen and oxygen atoms in total. The van der Waals surface area contributed by atoms with E-state index >= 15 is 0 Å². The van der Waals surface area contributed by atoms with Gasteiger partial charge in [-0.2, -0.15) is 0 Å². The fourth-order valence-corrected chi connectivity index (χ4v) is 4.41. The monoisotopic (exact) mass is 424 g/mol. The molecule has 1 aliphatic heterocycles. The number of nitrogens with zero attached hydrogens (tertiary/aromatic N) is 4. The quantitative estimate of drug-likeness (QED) is 0.482. The summed E-state index contributed by atoms with van der Waals surface area (Å²) < 4.78 is 5.93. The van der Waals surface area contributed by atoms with Crippen LogP contribution < -0.4 is 10.3 Å². The van der Waals surface area contributed by atoms with E-state index < -0.39 is 11.9 Å². The van der Waals surface area contributed by atoms with Crippen LogP contribution in [-0.2, 0) is 0 Å². The van der Waals surface area contributed by atoms with Crippen LogP contribution in [0.25, 0.3) is 11.0 Å². The van der Waals surface area contributed by atoms with Crippen molar-refractivity contribution in [1.82, 2.24) is 15.2 Å². The number of benzene rings is 1. The lowest BCUT2D eigenvalue weighted by Crippen LogP contribution is -2.29. The lowest BCUT2D eigenvalue weighted by atomic mass is 9.99. The lowest BCUT2D eigenvalue weighted by molar-refractivity contribution is 0.0970. The zero-order valence-corrected chi connectivity index (χ0v) is 16.9. The van der Waals surface area contributed by atoms with Crippen molar-refractivity contribution in [2.45, 2.75) is 19.9 Å². The number of fused-ring (bicyclic) bond motifs is 2. The Bertz CT molecular complexity index is 1350. The first-order valence-corrected chi connectivity index (χ1v) is 9.95. The van der Waals surface area contributed by atoms with Crippen LogP contribution in [0.4, 0.5) is 5.13 Å². The molecular weight excluding hydrogens is 412 g/mol. The SMILES string of the molecule is Cc1nnc(N2C(=O)c3oc4cc(C)c(Cl)cc4c(=O)c3C2c2ccncc2)s1. The normalized spacial score (nSPS) is 15.9. The van der Waals surface area contributed by atoms with E-state index in [1.807, 2.05) is 6.92 Å². The van der Waals surface area contributed by atoms with Crippen molar-refractivity contribution in [2.75, 3.05) is 4.90 Å². The molecule has 0 bridgehead atoms. The summed E-state index contributed by atoms with van der Waals surface area (Å²) in [6.45, 7) is 3.62. The Labute approximate surface area is 173 Å². The number of hydrogen-bond donors (Lipinski definition) is 0. The molecule has 1 amide bonds. The van der Waals surface area contributed by atoms with E-state index in [2.05, 4.69) is 15.2 Å². The summed E-state index contributed by atoms with van der Waals surface area (Å²) in [5.41, 5.74) is 1.79. The van der Waals surface area contributed by atoms with Gasteiger partial charge in [-0.25, -0.2) is 0 Å². The van der Waals surface area contributed by atoms with Gasteiger partial charge in [-0.05, 0) is 49.2 Å². The average molecular weight is 425 g/mol. The number of aryl methyl sites for hydroxylation is 2. The van der Waals surface area contributed by atoms with E-state index in [4.69, 9.17) is 16.0 Å². The van der Waals surface area contributed by atoms with Crippen molar-refractivity contribution in [2.24, 2.45) is 0 Å². The molecular formula is C20H13ClN4O3S. The minimum Gasteiger partial charge on any atom is -0.450 e. The van der Waals surface area contributed by atoms with Crippen molar-refractivity contribution >= 4 is 44.9 Å². The highest BCUT2D eigenvalue weighted by Gasteiger charge is 2.45. The smallest absolute Gasteiger partial charge is 0.297 e. The summed E-state index contributed by atoms with van der Waals surface area (Å²) in [6, 6.07) is 6.10. The van der Waals surface area contributed by atoms with E-state index in [1.54, 1.807) is 43.6 Å². The molecule has 0 N–H and O–H groups in total. The first-order chi connectivity index (χ1) is 14.0. The van der Waals surface area contributed by atoms with Crippen LogP contribution in [0.1, 0.15) is 38.3 Å². The maximum Gasteiger partial charge on any atom is 0.297 e. The van der Waals surface area contributed by atoms with E-state index in [0.717, 1.165) is 11.1 Å². The van der Waals surface area contributed by atoms with E-state index in [0.29, 0.717) is 26.1 Å². The van der Waals surface area contributed by atoms with Crippen LogP contribution in [0.15, 0.2) is 45.9 Å². The molecule has 29 heavy (non-hydrogen) atoms. The molecule has 1 aromatic carbocycles. The van der Waals surface area contributed by atoms with Crippen molar-refractivity contribution in [1.29, 1.82) is 0 Å². The van der Waals surface area contributed by atoms with Crippen LogP contribution in [0.3, 0.4) is 0 Å². The number of anilines is 1. The first kappa shape index (κ1) is 18.0. The van der Waals surface area contributed by atoms with Gasteiger partial charge in [0.15, 0.2) is 5.43 Å². The third-order valence-corrected chi connectivity index (χ3v) is 6.14. The summed E-state index contributed by atoms with van der Waals surface area (Å²) in [4.78, 5) is 32.3. The standard InChI is InChI=1S/C20H13ClN4O3S/c1-9-7-14-12(8-13(9)21)17(26)15-16(11-3-5-22-6-4-11)25(19(27)18(15)28-14)20-24-23-10(2)29-20/h3-8,16H,1-2H3. The van der Waals surface area contributed by atoms with Crippen LogP contribution >= 0.6 is 22.9 Å². The largest absolute Gasteiger partial charge is 0.450 e. The summed E-state index contributed by atoms with van der Waals surface area (Å²) in [6.07, 6.45) is 3.23. The number of hydrogen-bond acceptors (Lipinski definition) is 7. The van der Waals surface area contributed by atoms with Crippen molar-refractivity contribution in [3.63, 3.8) is 0 Å². The molecule has 4 heterocycles. The topological polar surface area (TPSA) is 89.2 Å². The molecule has 9 heteroatoms. The average Bonchev–Trinajstić information content (AvgIpc) is 3.26. The van der Waals surface area contributed by atoms with E-state index in [-0.39, 0.29) is 16.8 Å². The van der Waals surface area contributed by atoms with Crippen molar-refractivity contribution in [3.05, 3.63) is 79.4 Å². The Hall–Kier alpha value is -3.10. The van der Waals surface area contributed by atoms with Crippen LogP contribution in [-0.4, -0.2) is 21.1 Å². The summed E-state index contributed by atoms with van der Waals surface area (Å²) in [5.74, 6) is -0.413.